The Bertz CT molecular complexity index is 1020. The van der Waals surface area contributed by atoms with Crippen LogP contribution in [-0.2, 0) is 25.2 Å². The molecule has 3 rings (SSSR count). The smallest absolute Gasteiger partial charge is 0.417 e. The van der Waals surface area contributed by atoms with E-state index >= 15 is 0 Å². The lowest BCUT2D eigenvalue weighted by Gasteiger charge is -2.29. The number of aromatic nitrogens is 1. The zero-order chi connectivity index (χ0) is 23.0. The van der Waals surface area contributed by atoms with Crippen LogP contribution in [0.4, 0.5) is 18.9 Å². The summed E-state index contributed by atoms with van der Waals surface area (Å²) in [6.07, 6.45) is -2.85. The summed E-state index contributed by atoms with van der Waals surface area (Å²) < 4.78 is 53.2. The van der Waals surface area contributed by atoms with Crippen molar-refractivity contribution in [1.29, 1.82) is 0 Å². The number of anilines is 1. The average molecular weight is 477 g/mol. The van der Waals surface area contributed by atoms with Gasteiger partial charge in [0, 0.05) is 38.0 Å². The quantitative estimate of drug-likeness (QED) is 0.362. The maximum atomic E-state index is 12.6. The Morgan fingerprint density at radius 3 is 2.16 bits per heavy atom. The minimum atomic E-state index is -4.53. The summed E-state index contributed by atoms with van der Waals surface area (Å²) in [6.45, 7) is 2.83. The first kappa shape index (κ1) is 22.7. The van der Waals surface area contributed by atoms with Crippen molar-refractivity contribution in [3.05, 3.63) is 57.8 Å². The number of esters is 2. The molecule has 1 saturated heterocycles. The Labute approximate surface area is 183 Å². The van der Waals surface area contributed by atoms with Gasteiger partial charge in [-0.25, -0.2) is 14.6 Å². The SMILES string of the molecule is CC1(C)OC(=O)C(=CNc2cc(Cl)c(Oc3ccc(C(F)(F)F)cn3)c(Cl)c2)C(=O)O1. The number of nitrogens with one attached hydrogen (secondary N) is 1. The first-order chi connectivity index (χ1) is 14.4. The molecule has 1 aliphatic heterocycles. The van der Waals surface area contributed by atoms with E-state index in [4.69, 9.17) is 37.4 Å². The molecular formula is C19H13Cl2F3N2O5. The van der Waals surface area contributed by atoms with E-state index in [2.05, 4.69) is 10.3 Å². The van der Waals surface area contributed by atoms with Crippen LogP contribution in [0.5, 0.6) is 11.6 Å². The van der Waals surface area contributed by atoms with Crippen LogP contribution in [0.15, 0.2) is 42.2 Å². The minimum absolute atomic E-state index is 0.00923. The fourth-order valence-electron chi connectivity index (χ4n) is 2.39. The Balaban J connectivity index is 1.76. The second-order valence-corrected chi connectivity index (χ2v) is 7.45. The molecule has 0 amide bonds. The van der Waals surface area contributed by atoms with E-state index in [1.165, 1.54) is 26.0 Å². The molecular weight excluding hydrogens is 464 g/mol. The summed E-state index contributed by atoms with van der Waals surface area (Å²) in [5.74, 6) is -3.33. The molecule has 0 aliphatic carbocycles. The fourth-order valence-corrected chi connectivity index (χ4v) is 2.95. The van der Waals surface area contributed by atoms with Gasteiger partial charge in [0.15, 0.2) is 11.3 Å². The van der Waals surface area contributed by atoms with Crippen molar-refractivity contribution in [2.75, 3.05) is 5.32 Å². The van der Waals surface area contributed by atoms with Crippen LogP contribution in [-0.4, -0.2) is 22.7 Å². The van der Waals surface area contributed by atoms with Crippen molar-refractivity contribution >= 4 is 40.8 Å². The molecule has 1 fully saturated rings. The van der Waals surface area contributed by atoms with Gasteiger partial charge in [0.1, 0.15) is 0 Å². The van der Waals surface area contributed by atoms with Gasteiger partial charge in [0.2, 0.25) is 5.88 Å². The number of hydrogen-bond donors (Lipinski definition) is 1. The number of hydrogen-bond acceptors (Lipinski definition) is 7. The predicted octanol–water partition coefficient (Wildman–Crippen LogP) is 5.33. The predicted molar refractivity (Wildman–Crippen MR) is 104 cm³/mol. The summed E-state index contributed by atoms with van der Waals surface area (Å²) in [5.41, 5.74) is -1.03. The lowest BCUT2D eigenvalue weighted by atomic mass is 10.2. The van der Waals surface area contributed by atoms with E-state index in [0.717, 1.165) is 18.3 Å². The molecule has 0 unspecified atom stereocenters. The molecule has 164 valence electrons. The first-order valence-electron chi connectivity index (χ1n) is 8.49. The van der Waals surface area contributed by atoms with E-state index in [1.54, 1.807) is 0 Å². The Kier molecular flexibility index (Phi) is 6.06. The van der Waals surface area contributed by atoms with E-state index in [1.807, 2.05) is 0 Å². The van der Waals surface area contributed by atoms with Gasteiger partial charge < -0.3 is 19.5 Å². The summed E-state index contributed by atoms with van der Waals surface area (Å²) in [4.78, 5) is 27.5. The standard InChI is InChI=1S/C19H13Cl2F3N2O5/c1-18(2)30-16(27)11(17(28)31-18)8-25-10-5-12(20)15(13(21)6-10)29-14-4-3-9(7-26-14)19(22,23)24/h3-8,25H,1-2H3. The summed E-state index contributed by atoms with van der Waals surface area (Å²) >= 11 is 12.3. The second-order valence-electron chi connectivity index (χ2n) is 6.64. The zero-order valence-corrected chi connectivity index (χ0v) is 17.4. The van der Waals surface area contributed by atoms with Crippen LogP contribution in [0.3, 0.4) is 0 Å². The summed E-state index contributed by atoms with van der Waals surface area (Å²) in [5, 5.41) is 2.65. The van der Waals surface area contributed by atoms with Crippen LogP contribution in [0, 0.1) is 0 Å². The lowest BCUT2D eigenvalue weighted by molar-refractivity contribution is -0.222. The molecule has 2 aromatic rings. The number of pyridine rings is 1. The van der Waals surface area contributed by atoms with Crippen molar-refractivity contribution in [3.63, 3.8) is 0 Å². The average Bonchev–Trinajstić information content (AvgIpc) is 2.62. The number of nitrogens with zero attached hydrogens (tertiary/aromatic N) is 1. The molecule has 0 atom stereocenters. The van der Waals surface area contributed by atoms with Gasteiger partial charge in [-0.3, -0.25) is 0 Å². The monoisotopic (exact) mass is 476 g/mol. The number of ether oxygens (including phenoxy) is 3. The van der Waals surface area contributed by atoms with Crippen LogP contribution < -0.4 is 10.1 Å². The maximum absolute atomic E-state index is 12.6. The van der Waals surface area contributed by atoms with Crippen molar-refractivity contribution in [2.45, 2.75) is 25.8 Å². The molecule has 1 N–H and O–H groups in total. The molecule has 2 heterocycles. The van der Waals surface area contributed by atoms with Gasteiger partial charge in [-0.15, -0.1) is 0 Å². The van der Waals surface area contributed by atoms with Crippen LogP contribution in [0.1, 0.15) is 19.4 Å². The molecule has 7 nitrogen and oxygen atoms in total. The van der Waals surface area contributed by atoms with Crippen LogP contribution >= 0.6 is 23.2 Å². The number of carbonyl (C=O) groups is 2. The third kappa shape index (κ3) is 5.39. The van der Waals surface area contributed by atoms with Crippen LogP contribution in [0.2, 0.25) is 10.0 Å². The normalized spacial score (nSPS) is 15.8. The van der Waals surface area contributed by atoms with Gasteiger partial charge >= 0.3 is 18.1 Å². The van der Waals surface area contributed by atoms with E-state index in [-0.39, 0.29) is 32.9 Å². The fraction of sp³-hybridized carbons (Fsp3) is 0.211. The van der Waals surface area contributed by atoms with Crippen LogP contribution in [0.25, 0.3) is 0 Å². The molecule has 1 aromatic heterocycles. The van der Waals surface area contributed by atoms with Gasteiger partial charge in [0.25, 0.3) is 5.79 Å². The van der Waals surface area contributed by atoms with E-state index < -0.39 is 29.5 Å². The van der Waals surface area contributed by atoms with Crippen molar-refractivity contribution in [1.82, 2.24) is 4.98 Å². The van der Waals surface area contributed by atoms with Gasteiger partial charge in [-0.2, -0.15) is 13.2 Å². The number of carbonyl (C=O) groups excluding carboxylic acids is 2. The topological polar surface area (TPSA) is 86.8 Å². The number of alkyl halides is 3. The van der Waals surface area contributed by atoms with Gasteiger partial charge in [0.05, 0.1) is 15.6 Å². The Morgan fingerprint density at radius 1 is 1.10 bits per heavy atom. The highest BCUT2D eigenvalue weighted by Crippen LogP contribution is 2.39. The highest BCUT2D eigenvalue weighted by Gasteiger charge is 2.39. The van der Waals surface area contributed by atoms with Crippen molar-refractivity contribution < 1.29 is 37.0 Å². The molecule has 31 heavy (non-hydrogen) atoms. The number of rotatable bonds is 4. The molecule has 1 aromatic carbocycles. The number of halogens is 5. The highest BCUT2D eigenvalue weighted by atomic mass is 35.5. The molecule has 12 heteroatoms. The first-order valence-corrected chi connectivity index (χ1v) is 9.25. The molecule has 0 radical (unpaired) electrons. The second kappa shape index (κ2) is 8.27. The highest BCUT2D eigenvalue weighted by molar-refractivity contribution is 6.37. The third-order valence-electron chi connectivity index (χ3n) is 3.77. The van der Waals surface area contributed by atoms with Gasteiger partial charge in [-0.1, -0.05) is 23.2 Å². The van der Waals surface area contributed by atoms with Crippen molar-refractivity contribution in [3.8, 4) is 11.6 Å². The zero-order valence-electron chi connectivity index (χ0n) is 15.8. The maximum Gasteiger partial charge on any atom is 0.417 e. The molecule has 0 spiro atoms. The summed E-state index contributed by atoms with van der Waals surface area (Å²) in [6, 6.07) is 4.53. The Hall–Kier alpha value is -2.98. The van der Waals surface area contributed by atoms with Gasteiger partial charge in [-0.05, 0) is 18.2 Å². The summed E-state index contributed by atoms with van der Waals surface area (Å²) in [7, 11) is 0. The number of cyclic esters (lactones) is 2. The van der Waals surface area contributed by atoms with E-state index in [0.29, 0.717) is 6.20 Å². The van der Waals surface area contributed by atoms with Crippen molar-refractivity contribution in [2.24, 2.45) is 0 Å². The lowest BCUT2D eigenvalue weighted by Crippen LogP contribution is -2.42. The minimum Gasteiger partial charge on any atom is -0.436 e. The molecule has 1 aliphatic rings. The van der Waals surface area contributed by atoms with E-state index in [9.17, 15) is 22.8 Å². The molecule has 0 saturated carbocycles. The number of benzene rings is 1. The Morgan fingerprint density at radius 2 is 1.68 bits per heavy atom. The molecule has 0 bridgehead atoms. The largest absolute Gasteiger partial charge is 0.436 e. The third-order valence-corrected chi connectivity index (χ3v) is 4.33.